The normalized spacial score (nSPS) is 10.6. The molecule has 0 aliphatic carbocycles. The third-order valence-electron chi connectivity index (χ3n) is 4.02. The number of aryl methyl sites for hydroxylation is 3. The van der Waals surface area contributed by atoms with Crippen molar-refractivity contribution in [1.29, 1.82) is 0 Å². The van der Waals surface area contributed by atoms with E-state index in [1.807, 2.05) is 57.2 Å². The number of hydrogen-bond donors (Lipinski definition) is 1. The van der Waals surface area contributed by atoms with Gasteiger partial charge in [0.05, 0.1) is 11.4 Å². The van der Waals surface area contributed by atoms with Gasteiger partial charge in [0.1, 0.15) is 0 Å². The summed E-state index contributed by atoms with van der Waals surface area (Å²) in [5.74, 6) is -0.928. The Morgan fingerprint density at radius 3 is 2.69 bits per heavy atom. The van der Waals surface area contributed by atoms with E-state index >= 15 is 0 Å². The van der Waals surface area contributed by atoms with Crippen LogP contribution >= 0.6 is 11.8 Å². The fraction of sp³-hybridized carbons (Fsp3) is 0.250. The molecule has 1 heterocycles. The Labute approximate surface area is 172 Å². The van der Waals surface area contributed by atoms with Gasteiger partial charge in [0, 0.05) is 5.69 Å². The second-order valence-corrected chi connectivity index (χ2v) is 7.47. The van der Waals surface area contributed by atoms with Crippen LogP contribution in [-0.4, -0.2) is 44.4 Å². The molecule has 0 radical (unpaired) electrons. The molecule has 0 aliphatic heterocycles. The van der Waals surface area contributed by atoms with Gasteiger partial charge in [0.15, 0.2) is 6.61 Å². The van der Waals surface area contributed by atoms with Crippen molar-refractivity contribution < 1.29 is 14.3 Å². The van der Waals surface area contributed by atoms with Gasteiger partial charge in [-0.15, -0.1) is 5.10 Å². The Kier molecular flexibility index (Phi) is 6.61. The third-order valence-corrected chi connectivity index (χ3v) is 4.91. The molecule has 0 aliphatic rings. The number of thioether (sulfide) groups is 1. The molecule has 3 aromatic rings. The van der Waals surface area contributed by atoms with E-state index < -0.39 is 11.9 Å². The summed E-state index contributed by atoms with van der Waals surface area (Å²) >= 11 is 1.15. The minimum absolute atomic E-state index is 0.0110. The Balaban J connectivity index is 1.52. The number of anilines is 1. The number of carbonyl (C=O) groups is 2. The number of carbonyl (C=O) groups excluding carboxylic acids is 2. The summed E-state index contributed by atoms with van der Waals surface area (Å²) in [5, 5.41) is 14.8. The van der Waals surface area contributed by atoms with Gasteiger partial charge < -0.3 is 10.1 Å². The van der Waals surface area contributed by atoms with Crippen molar-refractivity contribution in [2.75, 3.05) is 17.7 Å². The molecule has 0 bridgehead atoms. The van der Waals surface area contributed by atoms with Gasteiger partial charge in [0.25, 0.3) is 5.91 Å². The number of rotatable bonds is 7. The van der Waals surface area contributed by atoms with Gasteiger partial charge in [0.2, 0.25) is 5.16 Å². The van der Waals surface area contributed by atoms with Crippen LogP contribution in [0, 0.1) is 20.8 Å². The van der Waals surface area contributed by atoms with Gasteiger partial charge in [-0.2, -0.15) is 4.68 Å². The van der Waals surface area contributed by atoms with Crippen molar-refractivity contribution in [2.45, 2.75) is 25.9 Å². The number of tetrazole rings is 1. The van der Waals surface area contributed by atoms with Crippen LogP contribution in [0.4, 0.5) is 5.69 Å². The summed E-state index contributed by atoms with van der Waals surface area (Å²) < 4.78 is 6.63. The van der Waals surface area contributed by atoms with E-state index in [9.17, 15) is 9.59 Å². The van der Waals surface area contributed by atoms with Crippen molar-refractivity contribution in [3.63, 3.8) is 0 Å². The fourth-order valence-electron chi connectivity index (χ4n) is 2.60. The highest BCUT2D eigenvalue weighted by atomic mass is 32.2. The van der Waals surface area contributed by atoms with E-state index in [0.717, 1.165) is 34.1 Å². The second-order valence-electron chi connectivity index (χ2n) is 6.53. The number of nitrogens with one attached hydrogen (secondary N) is 1. The Bertz CT molecular complexity index is 1030. The van der Waals surface area contributed by atoms with Crippen LogP contribution in [0.3, 0.4) is 0 Å². The van der Waals surface area contributed by atoms with Crippen molar-refractivity contribution in [2.24, 2.45) is 0 Å². The van der Waals surface area contributed by atoms with E-state index in [1.54, 1.807) is 10.7 Å². The van der Waals surface area contributed by atoms with Crippen molar-refractivity contribution in [3.8, 4) is 5.69 Å². The molecule has 1 N–H and O–H groups in total. The zero-order valence-electron chi connectivity index (χ0n) is 16.4. The quantitative estimate of drug-likeness (QED) is 0.471. The third kappa shape index (κ3) is 5.64. The summed E-state index contributed by atoms with van der Waals surface area (Å²) in [5.41, 5.74) is 4.63. The van der Waals surface area contributed by atoms with Crippen LogP contribution in [0.25, 0.3) is 5.69 Å². The average Bonchev–Trinajstić information content (AvgIpc) is 3.15. The van der Waals surface area contributed by atoms with Crippen LogP contribution in [0.2, 0.25) is 0 Å². The summed E-state index contributed by atoms with van der Waals surface area (Å²) in [6, 6.07) is 13.4. The first-order chi connectivity index (χ1) is 13.9. The standard InChI is InChI=1S/C20H21N5O3S/c1-13-5-4-6-16(9-13)21-18(26)11-28-19(27)12-29-20-22-23-24-25(20)17-10-14(2)7-8-15(17)3/h4-10H,11-12H2,1-3H3,(H,21,26). The lowest BCUT2D eigenvalue weighted by atomic mass is 10.1. The fourth-order valence-corrected chi connectivity index (χ4v) is 3.28. The lowest BCUT2D eigenvalue weighted by molar-refractivity contribution is -0.144. The molecular formula is C20H21N5O3S. The molecule has 1 aromatic heterocycles. The monoisotopic (exact) mass is 411 g/mol. The first-order valence-corrected chi connectivity index (χ1v) is 9.92. The predicted octanol–water partition coefficient (Wildman–Crippen LogP) is 2.86. The number of ether oxygens (including phenoxy) is 1. The van der Waals surface area contributed by atoms with Crippen LogP contribution in [0.15, 0.2) is 47.6 Å². The summed E-state index contributed by atoms with van der Waals surface area (Å²) in [6.07, 6.45) is 0. The number of nitrogens with zero attached hydrogens (tertiary/aromatic N) is 4. The molecule has 0 fully saturated rings. The van der Waals surface area contributed by atoms with Crippen LogP contribution in [0.1, 0.15) is 16.7 Å². The summed E-state index contributed by atoms with van der Waals surface area (Å²) in [4.78, 5) is 24.0. The molecular weight excluding hydrogens is 390 g/mol. The molecule has 1 amide bonds. The van der Waals surface area contributed by atoms with Crippen LogP contribution < -0.4 is 5.32 Å². The highest BCUT2D eigenvalue weighted by Gasteiger charge is 2.15. The first kappa shape index (κ1) is 20.5. The van der Waals surface area contributed by atoms with Crippen molar-refractivity contribution >= 4 is 29.3 Å². The maximum atomic E-state index is 12.0. The van der Waals surface area contributed by atoms with E-state index in [1.165, 1.54) is 0 Å². The molecule has 0 saturated heterocycles. The number of amides is 1. The lowest BCUT2D eigenvalue weighted by Gasteiger charge is -2.09. The van der Waals surface area contributed by atoms with Crippen LogP contribution in [-0.2, 0) is 14.3 Å². The number of aromatic nitrogens is 4. The molecule has 9 heteroatoms. The van der Waals surface area contributed by atoms with E-state index in [-0.39, 0.29) is 12.4 Å². The molecule has 0 unspecified atom stereocenters. The summed E-state index contributed by atoms with van der Waals surface area (Å²) in [6.45, 7) is 5.53. The molecule has 0 saturated carbocycles. The highest BCUT2D eigenvalue weighted by molar-refractivity contribution is 7.99. The second kappa shape index (κ2) is 9.33. The zero-order chi connectivity index (χ0) is 20.8. The van der Waals surface area contributed by atoms with Crippen molar-refractivity contribution in [1.82, 2.24) is 20.2 Å². The van der Waals surface area contributed by atoms with E-state index in [4.69, 9.17) is 4.74 Å². The number of benzene rings is 2. The average molecular weight is 411 g/mol. The van der Waals surface area contributed by atoms with E-state index in [2.05, 4.69) is 20.8 Å². The Morgan fingerprint density at radius 1 is 1.10 bits per heavy atom. The van der Waals surface area contributed by atoms with Gasteiger partial charge >= 0.3 is 5.97 Å². The van der Waals surface area contributed by atoms with Crippen LogP contribution in [0.5, 0.6) is 0 Å². The van der Waals surface area contributed by atoms with Gasteiger partial charge in [-0.25, -0.2) is 0 Å². The minimum Gasteiger partial charge on any atom is -0.455 e. The lowest BCUT2D eigenvalue weighted by Crippen LogP contribution is -2.21. The summed E-state index contributed by atoms with van der Waals surface area (Å²) in [7, 11) is 0. The minimum atomic E-state index is -0.523. The topological polar surface area (TPSA) is 99.0 Å². The smallest absolute Gasteiger partial charge is 0.316 e. The molecule has 8 nitrogen and oxygen atoms in total. The Hall–Kier alpha value is -3.20. The maximum absolute atomic E-state index is 12.0. The largest absolute Gasteiger partial charge is 0.455 e. The SMILES string of the molecule is Cc1cccc(NC(=O)COC(=O)CSc2nnnn2-c2cc(C)ccc2C)c1. The molecule has 3 rings (SSSR count). The molecule has 0 atom stereocenters. The van der Waals surface area contributed by atoms with Crippen molar-refractivity contribution in [3.05, 3.63) is 59.2 Å². The van der Waals surface area contributed by atoms with Gasteiger partial charge in [-0.3, -0.25) is 9.59 Å². The molecule has 150 valence electrons. The first-order valence-electron chi connectivity index (χ1n) is 8.93. The van der Waals surface area contributed by atoms with Gasteiger partial charge in [-0.05, 0) is 66.1 Å². The highest BCUT2D eigenvalue weighted by Crippen LogP contribution is 2.21. The van der Waals surface area contributed by atoms with E-state index in [0.29, 0.717) is 10.8 Å². The van der Waals surface area contributed by atoms with Gasteiger partial charge in [-0.1, -0.05) is 36.0 Å². The molecule has 0 spiro atoms. The Morgan fingerprint density at radius 2 is 1.90 bits per heavy atom. The number of hydrogen-bond acceptors (Lipinski definition) is 7. The number of esters is 1. The maximum Gasteiger partial charge on any atom is 0.316 e. The predicted molar refractivity (Wildman–Crippen MR) is 110 cm³/mol. The zero-order valence-corrected chi connectivity index (χ0v) is 17.2. The molecule has 29 heavy (non-hydrogen) atoms. The molecule has 2 aromatic carbocycles.